The molecule has 2 aromatic rings. The van der Waals surface area contributed by atoms with Crippen LogP contribution >= 0.6 is 0 Å². The first-order valence-corrected chi connectivity index (χ1v) is 13.6. The van der Waals surface area contributed by atoms with Gasteiger partial charge in [0.25, 0.3) is 11.7 Å². The summed E-state index contributed by atoms with van der Waals surface area (Å²) in [7, 11) is 0. The van der Waals surface area contributed by atoms with Gasteiger partial charge in [-0.05, 0) is 72.3 Å². The van der Waals surface area contributed by atoms with Crippen molar-refractivity contribution in [2.24, 2.45) is 10.9 Å². The first-order chi connectivity index (χ1) is 18.4. The zero-order valence-corrected chi connectivity index (χ0v) is 22.1. The molecule has 1 fully saturated rings. The molecule has 1 saturated carbocycles. The number of benzene rings is 2. The number of carboxylic acids is 1. The summed E-state index contributed by atoms with van der Waals surface area (Å²) in [5.41, 5.74) is 5.17. The maximum absolute atomic E-state index is 12.8. The molecule has 197 valence electrons. The van der Waals surface area contributed by atoms with Gasteiger partial charge in [0.05, 0.1) is 0 Å². The van der Waals surface area contributed by atoms with Gasteiger partial charge in [-0.2, -0.15) is 4.99 Å². The highest BCUT2D eigenvalue weighted by molar-refractivity contribution is 6.06. The predicted molar refractivity (Wildman–Crippen MR) is 150 cm³/mol. The van der Waals surface area contributed by atoms with Gasteiger partial charge in [0.1, 0.15) is 0 Å². The minimum atomic E-state index is -0.687. The SMILES string of the molecule is CC(C)c1ccc(CNC(=O)C2=C[N+]3CN(c4ccc(C5CCC(CC(=O)O)CC5)cc4)C=CC3=N2)cc1. The van der Waals surface area contributed by atoms with Crippen LogP contribution in [0.2, 0.25) is 0 Å². The monoisotopic (exact) mass is 512 g/mol. The fourth-order valence-corrected chi connectivity index (χ4v) is 5.50. The maximum Gasteiger partial charge on any atom is 0.303 e. The molecule has 2 N–H and O–H groups in total. The van der Waals surface area contributed by atoms with Crippen LogP contribution in [0, 0.1) is 5.92 Å². The second kappa shape index (κ2) is 11.4. The van der Waals surface area contributed by atoms with Crippen LogP contribution in [0.4, 0.5) is 5.69 Å². The molecule has 0 unspecified atom stereocenters. The molecule has 3 aliphatic rings. The van der Waals surface area contributed by atoms with E-state index >= 15 is 0 Å². The van der Waals surface area contributed by atoms with E-state index in [0.29, 0.717) is 43.1 Å². The highest BCUT2D eigenvalue weighted by atomic mass is 16.4. The van der Waals surface area contributed by atoms with E-state index in [9.17, 15) is 9.59 Å². The minimum absolute atomic E-state index is 0.179. The molecule has 0 saturated heterocycles. The van der Waals surface area contributed by atoms with Crippen LogP contribution in [0.5, 0.6) is 0 Å². The number of aliphatic imine (C=N–C) groups is 1. The Balaban J connectivity index is 1.14. The molecule has 2 heterocycles. The number of amidine groups is 1. The van der Waals surface area contributed by atoms with E-state index < -0.39 is 5.97 Å². The van der Waals surface area contributed by atoms with Crippen LogP contribution in [0.25, 0.3) is 0 Å². The highest BCUT2D eigenvalue weighted by Gasteiger charge is 2.35. The normalized spacial score (nSPS) is 21.2. The average molecular weight is 513 g/mol. The summed E-state index contributed by atoms with van der Waals surface area (Å²) < 4.78 is 0. The van der Waals surface area contributed by atoms with Gasteiger partial charge in [0.2, 0.25) is 6.67 Å². The summed E-state index contributed by atoms with van der Waals surface area (Å²) in [5, 5.41) is 12.0. The van der Waals surface area contributed by atoms with Crippen molar-refractivity contribution in [3.8, 4) is 0 Å². The molecule has 7 heteroatoms. The summed E-state index contributed by atoms with van der Waals surface area (Å²) in [6.07, 6.45) is 10.1. The summed E-state index contributed by atoms with van der Waals surface area (Å²) in [6, 6.07) is 17.0. The van der Waals surface area contributed by atoms with Crippen molar-refractivity contribution < 1.29 is 14.7 Å². The van der Waals surface area contributed by atoms with E-state index in [1.54, 1.807) is 0 Å². The Morgan fingerprint density at radius 2 is 1.76 bits per heavy atom. The molecule has 2 aromatic carbocycles. The number of anilines is 1. The van der Waals surface area contributed by atoms with Crippen molar-refractivity contribution in [1.82, 2.24) is 10.2 Å². The number of aliphatic carboxylic acids is 1. The van der Waals surface area contributed by atoms with Gasteiger partial charge in [0.15, 0.2) is 11.9 Å². The number of amides is 1. The van der Waals surface area contributed by atoms with E-state index in [-0.39, 0.29) is 5.91 Å². The number of nitrogens with zero attached hydrogens (tertiary/aromatic N) is 3. The summed E-state index contributed by atoms with van der Waals surface area (Å²) >= 11 is 0. The summed E-state index contributed by atoms with van der Waals surface area (Å²) in [6.45, 7) is 5.39. The van der Waals surface area contributed by atoms with E-state index in [1.807, 2.05) is 23.4 Å². The maximum atomic E-state index is 12.8. The Hall–Kier alpha value is -3.71. The average Bonchev–Trinajstić information content (AvgIpc) is 3.36. The molecule has 38 heavy (non-hydrogen) atoms. The van der Waals surface area contributed by atoms with Crippen molar-refractivity contribution in [1.29, 1.82) is 0 Å². The quantitative estimate of drug-likeness (QED) is 0.454. The number of carbonyl (C=O) groups excluding carboxylic acids is 1. The number of rotatable bonds is 8. The first-order valence-electron chi connectivity index (χ1n) is 13.6. The van der Waals surface area contributed by atoms with Crippen LogP contribution < -0.4 is 15.1 Å². The number of nitrogens with one attached hydrogen (secondary N) is 1. The Morgan fingerprint density at radius 1 is 1.05 bits per heavy atom. The Bertz CT molecular complexity index is 1250. The molecular weight excluding hydrogens is 476 g/mol. The molecule has 0 atom stereocenters. The summed E-state index contributed by atoms with van der Waals surface area (Å²) in [5.74, 6) is 1.20. The van der Waals surface area contributed by atoms with Gasteiger partial charge < -0.3 is 10.4 Å². The van der Waals surface area contributed by atoms with Crippen LogP contribution in [-0.2, 0) is 16.1 Å². The standard InChI is InChI=1S/C31H36N4O3/c1-21(2)24-7-5-23(6-8-24)18-32-31(38)28-19-35-20-34(16-15-29(35)33-28)27-13-11-26(12-14-27)25-9-3-22(4-10-25)17-30(36)37/h5-8,11-16,19,21-22,25H,3-4,9-10,17-18,20H2,1-2H3,(H,32,38)(H,36,37)/q+1. The molecule has 7 nitrogen and oxygen atoms in total. The van der Waals surface area contributed by atoms with Crippen molar-refractivity contribution in [3.63, 3.8) is 0 Å². The van der Waals surface area contributed by atoms with Gasteiger partial charge in [-0.25, -0.2) is 0 Å². The smallest absolute Gasteiger partial charge is 0.303 e. The van der Waals surface area contributed by atoms with Crippen molar-refractivity contribution in [3.05, 3.63) is 89.4 Å². The van der Waals surface area contributed by atoms with Crippen molar-refractivity contribution >= 4 is 23.4 Å². The lowest BCUT2D eigenvalue weighted by molar-refractivity contribution is -0.138. The van der Waals surface area contributed by atoms with Gasteiger partial charge >= 0.3 is 5.97 Å². The molecular formula is C31H36N4O3+. The third-order valence-corrected chi connectivity index (χ3v) is 7.85. The van der Waals surface area contributed by atoms with Crippen molar-refractivity contribution in [2.45, 2.75) is 64.3 Å². The zero-order valence-electron chi connectivity index (χ0n) is 22.1. The Morgan fingerprint density at radius 3 is 2.42 bits per heavy atom. The zero-order chi connectivity index (χ0) is 26.6. The van der Waals surface area contributed by atoms with Crippen LogP contribution in [0.3, 0.4) is 0 Å². The number of hydrogen-bond acceptors (Lipinski definition) is 5. The minimum Gasteiger partial charge on any atom is -0.481 e. The lowest BCUT2D eigenvalue weighted by Gasteiger charge is -2.28. The third-order valence-electron chi connectivity index (χ3n) is 7.85. The van der Waals surface area contributed by atoms with E-state index in [2.05, 4.69) is 77.6 Å². The molecule has 5 rings (SSSR count). The number of carbonyl (C=O) groups is 2. The van der Waals surface area contributed by atoms with Crippen LogP contribution in [-0.4, -0.2) is 29.5 Å². The summed E-state index contributed by atoms with van der Waals surface area (Å²) in [4.78, 5) is 32.4. The molecule has 1 aliphatic carbocycles. The Labute approximate surface area is 224 Å². The fourth-order valence-electron chi connectivity index (χ4n) is 5.50. The van der Waals surface area contributed by atoms with Gasteiger partial charge in [0, 0.05) is 30.9 Å². The van der Waals surface area contributed by atoms with Crippen LogP contribution in [0.1, 0.15) is 74.5 Å². The van der Waals surface area contributed by atoms with Crippen molar-refractivity contribution in [2.75, 3.05) is 11.6 Å². The number of fused-ring (bicyclic) bond motifs is 1. The second-order valence-corrected chi connectivity index (χ2v) is 10.9. The number of carboxylic acid groups (broad SMARTS) is 1. The third kappa shape index (κ3) is 6.05. The first kappa shape index (κ1) is 25.9. The van der Waals surface area contributed by atoms with Crippen LogP contribution in [0.15, 0.2) is 77.7 Å². The lowest BCUT2D eigenvalue weighted by Crippen LogP contribution is -2.41. The highest BCUT2D eigenvalue weighted by Crippen LogP contribution is 2.37. The molecule has 2 aliphatic heterocycles. The predicted octanol–water partition coefficient (Wildman–Crippen LogP) is 5.56. The Kier molecular flexibility index (Phi) is 7.74. The largest absolute Gasteiger partial charge is 0.481 e. The molecule has 0 spiro atoms. The molecule has 1 amide bonds. The fraction of sp³-hybridized carbons (Fsp3) is 0.387. The molecule has 1 radical (unpaired) electrons. The van der Waals surface area contributed by atoms with E-state index in [1.165, 1.54) is 11.1 Å². The van der Waals surface area contributed by atoms with Gasteiger partial charge in [-0.3, -0.25) is 14.5 Å². The van der Waals surface area contributed by atoms with E-state index in [0.717, 1.165) is 42.8 Å². The molecule has 0 bridgehead atoms. The lowest BCUT2D eigenvalue weighted by atomic mass is 9.77. The topological polar surface area (TPSA) is 87.9 Å². The van der Waals surface area contributed by atoms with E-state index in [4.69, 9.17) is 5.11 Å². The number of hydrogen-bond donors (Lipinski definition) is 2. The molecule has 0 aromatic heterocycles. The van der Waals surface area contributed by atoms with Gasteiger partial charge in [-0.15, -0.1) is 0 Å². The van der Waals surface area contributed by atoms with Gasteiger partial charge in [-0.1, -0.05) is 55.1 Å². The second-order valence-electron chi connectivity index (χ2n) is 10.9.